The van der Waals surface area contributed by atoms with Gasteiger partial charge in [-0.25, -0.2) is 0 Å². The maximum Gasteiger partial charge on any atom is 0.241 e. The van der Waals surface area contributed by atoms with Gasteiger partial charge in [-0.3, -0.25) is 4.79 Å². The molecule has 0 aliphatic carbocycles. The third-order valence-corrected chi connectivity index (χ3v) is 3.21. The Morgan fingerprint density at radius 3 is 2.33 bits per heavy atom. The van der Waals surface area contributed by atoms with E-state index in [0.29, 0.717) is 0 Å². The van der Waals surface area contributed by atoms with Crippen LogP contribution in [-0.4, -0.2) is 26.0 Å². The molecule has 1 aromatic carbocycles. The number of hydrogen-bond acceptors (Lipinski definition) is 3. The topological polar surface area (TPSA) is 58.4 Å². The van der Waals surface area contributed by atoms with Crippen molar-refractivity contribution in [1.82, 2.24) is 0 Å². The third kappa shape index (κ3) is 3.74. The lowest BCUT2D eigenvalue weighted by Gasteiger charge is -2.18. The zero-order valence-corrected chi connectivity index (χ0v) is 11.6. The molecule has 0 aliphatic heterocycles. The summed E-state index contributed by atoms with van der Waals surface area (Å²) in [6.45, 7) is 4.02. The molecule has 0 fully saturated rings. The van der Waals surface area contributed by atoms with Crippen LogP contribution in [-0.2, 0) is 4.79 Å². The first-order valence-electron chi connectivity index (χ1n) is 6.29. The standard InChI is InChI=1S/C14H23N3O/c1-5-10(2)13(15)14(18)16-11-6-8-12(9-7-11)17(3)4/h6-10,13H,5,15H2,1-4H3,(H,16,18). The van der Waals surface area contributed by atoms with Crippen molar-refractivity contribution in [2.45, 2.75) is 26.3 Å². The highest BCUT2D eigenvalue weighted by Gasteiger charge is 2.19. The second-order valence-corrected chi connectivity index (χ2v) is 4.84. The van der Waals surface area contributed by atoms with Gasteiger partial charge in [-0.15, -0.1) is 0 Å². The van der Waals surface area contributed by atoms with Gasteiger partial charge in [-0.1, -0.05) is 20.3 Å². The highest BCUT2D eigenvalue weighted by molar-refractivity contribution is 5.95. The van der Waals surface area contributed by atoms with Crippen molar-refractivity contribution in [3.8, 4) is 0 Å². The summed E-state index contributed by atoms with van der Waals surface area (Å²) >= 11 is 0. The number of nitrogens with zero attached hydrogens (tertiary/aromatic N) is 1. The molecule has 2 atom stereocenters. The van der Waals surface area contributed by atoms with Gasteiger partial charge in [0, 0.05) is 25.5 Å². The van der Waals surface area contributed by atoms with Gasteiger partial charge in [0.05, 0.1) is 6.04 Å². The van der Waals surface area contributed by atoms with E-state index < -0.39 is 6.04 Å². The summed E-state index contributed by atoms with van der Waals surface area (Å²) in [5.41, 5.74) is 7.76. The van der Waals surface area contributed by atoms with Crippen molar-refractivity contribution in [1.29, 1.82) is 0 Å². The Balaban J connectivity index is 2.65. The fraction of sp³-hybridized carbons (Fsp3) is 0.500. The van der Waals surface area contributed by atoms with E-state index >= 15 is 0 Å². The number of anilines is 2. The van der Waals surface area contributed by atoms with E-state index in [2.05, 4.69) is 5.32 Å². The van der Waals surface area contributed by atoms with Crippen LogP contribution >= 0.6 is 0 Å². The second kappa shape index (κ2) is 6.40. The van der Waals surface area contributed by atoms with Crippen molar-refractivity contribution in [3.63, 3.8) is 0 Å². The molecule has 0 aromatic heterocycles. The van der Waals surface area contributed by atoms with Crippen molar-refractivity contribution in [2.75, 3.05) is 24.3 Å². The van der Waals surface area contributed by atoms with Crippen molar-refractivity contribution < 1.29 is 4.79 Å². The van der Waals surface area contributed by atoms with Gasteiger partial charge in [-0.05, 0) is 30.2 Å². The average Bonchev–Trinajstić information content (AvgIpc) is 2.37. The molecule has 1 aromatic rings. The zero-order valence-electron chi connectivity index (χ0n) is 11.6. The second-order valence-electron chi connectivity index (χ2n) is 4.84. The Bertz CT molecular complexity index is 387. The predicted molar refractivity (Wildman–Crippen MR) is 76.8 cm³/mol. The van der Waals surface area contributed by atoms with E-state index in [1.54, 1.807) is 0 Å². The van der Waals surface area contributed by atoms with Crippen LogP contribution in [0.15, 0.2) is 24.3 Å². The molecule has 3 N–H and O–H groups in total. The number of carbonyl (C=O) groups excluding carboxylic acids is 1. The van der Waals surface area contributed by atoms with Gasteiger partial charge in [0.25, 0.3) is 0 Å². The number of nitrogens with one attached hydrogen (secondary N) is 1. The molecule has 0 saturated carbocycles. The molecule has 0 aliphatic rings. The number of amides is 1. The monoisotopic (exact) mass is 249 g/mol. The maximum absolute atomic E-state index is 11.9. The smallest absolute Gasteiger partial charge is 0.241 e. The van der Waals surface area contributed by atoms with E-state index in [1.807, 2.05) is 57.1 Å². The van der Waals surface area contributed by atoms with Crippen LogP contribution in [0.4, 0.5) is 11.4 Å². The molecule has 100 valence electrons. The molecule has 18 heavy (non-hydrogen) atoms. The van der Waals surface area contributed by atoms with Gasteiger partial charge < -0.3 is 16.0 Å². The number of carbonyl (C=O) groups is 1. The Kier molecular flexibility index (Phi) is 5.16. The number of rotatable bonds is 5. The minimum Gasteiger partial charge on any atom is -0.378 e. The first-order valence-corrected chi connectivity index (χ1v) is 6.29. The lowest BCUT2D eigenvalue weighted by atomic mass is 9.99. The number of nitrogens with two attached hydrogens (primary N) is 1. The Morgan fingerprint density at radius 1 is 1.33 bits per heavy atom. The third-order valence-electron chi connectivity index (χ3n) is 3.21. The normalized spacial score (nSPS) is 13.8. The lowest BCUT2D eigenvalue weighted by Crippen LogP contribution is -2.40. The average molecular weight is 249 g/mol. The molecule has 0 bridgehead atoms. The summed E-state index contributed by atoms with van der Waals surface area (Å²) < 4.78 is 0. The summed E-state index contributed by atoms with van der Waals surface area (Å²) in [6.07, 6.45) is 0.897. The molecule has 0 saturated heterocycles. The minimum absolute atomic E-state index is 0.123. The van der Waals surface area contributed by atoms with Gasteiger partial charge in [0.2, 0.25) is 5.91 Å². The van der Waals surface area contributed by atoms with Crippen LogP contribution in [0.5, 0.6) is 0 Å². The Labute approximate surface area is 109 Å². The number of hydrogen-bond donors (Lipinski definition) is 2. The fourth-order valence-corrected chi connectivity index (χ4v) is 1.58. The molecule has 4 heteroatoms. The van der Waals surface area contributed by atoms with Crippen molar-refractivity contribution in [3.05, 3.63) is 24.3 Å². The highest BCUT2D eigenvalue weighted by Crippen LogP contribution is 2.16. The fourth-order valence-electron chi connectivity index (χ4n) is 1.58. The van der Waals surface area contributed by atoms with Crippen LogP contribution in [0, 0.1) is 5.92 Å². The molecule has 0 radical (unpaired) electrons. The van der Waals surface area contributed by atoms with Gasteiger partial charge >= 0.3 is 0 Å². The van der Waals surface area contributed by atoms with Crippen molar-refractivity contribution >= 4 is 17.3 Å². The van der Waals surface area contributed by atoms with E-state index in [1.165, 1.54) is 0 Å². The Morgan fingerprint density at radius 2 is 1.89 bits per heavy atom. The molecule has 0 spiro atoms. The maximum atomic E-state index is 11.9. The van der Waals surface area contributed by atoms with Crippen molar-refractivity contribution in [2.24, 2.45) is 11.7 Å². The van der Waals surface area contributed by atoms with Crippen LogP contribution in [0.2, 0.25) is 0 Å². The summed E-state index contributed by atoms with van der Waals surface area (Å²) in [4.78, 5) is 13.9. The first kappa shape index (κ1) is 14.5. The van der Waals surface area contributed by atoms with Crippen LogP contribution in [0.25, 0.3) is 0 Å². The largest absolute Gasteiger partial charge is 0.378 e. The summed E-state index contributed by atoms with van der Waals surface area (Å²) in [5, 5.41) is 2.84. The molecule has 4 nitrogen and oxygen atoms in total. The van der Waals surface area contributed by atoms with Gasteiger partial charge in [0.15, 0.2) is 0 Å². The first-order chi connectivity index (χ1) is 8.45. The van der Waals surface area contributed by atoms with Gasteiger partial charge in [0.1, 0.15) is 0 Å². The molecule has 1 rings (SSSR count). The van der Waals surface area contributed by atoms with Gasteiger partial charge in [-0.2, -0.15) is 0 Å². The summed E-state index contributed by atoms with van der Waals surface area (Å²) in [6, 6.07) is 7.24. The number of benzene rings is 1. The minimum atomic E-state index is -0.455. The van der Waals surface area contributed by atoms with E-state index in [9.17, 15) is 4.79 Å². The predicted octanol–water partition coefficient (Wildman–Crippen LogP) is 2.06. The molecular formula is C14H23N3O. The lowest BCUT2D eigenvalue weighted by molar-refractivity contribution is -0.118. The molecular weight excluding hydrogens is 226 g/mol. The molecule has 1 amide bonds. The van der Waals surface area contributed by atoms with Crippen LogP contribution < -0.4 is 16.0 Å². The Hall–Kier alpha value is -1.55. The zero-order chi connectivity index (χ0) is 13.7. The molecule has 2 unspecified atom stereocenters. The summed E-state index contributed by atoms with van der Waals surface area (Å²) in [5.74, 6) is 0.0630. The van der Waals surface area contributed by atoms with E-state index in [-0.39, 0.29) is 11.8 Å². The van der Waals surface area contributed by atoms with E-state index in [0.717, 1.165) is 17.8 Å². The van der Waals surface area contributed by atoms with Crippen LogP contribution in [0.3, 0.4) is 0 Å². The molecule has 0 heterocycles. The van der Waals surface area contributed by atoms with E-state index in [4.69, 9.17) is 5.73 Å². The van der Waals surface area contributed by atoms with Crippen LogP contribution in [0.1, 0.15) is 20.3 Å². The summed E-state index contributed by atoms with van der Waals surface area (Å²) in [7, 11) is 3.96. The SMILES string of the molecule is CCC(C)C(N)C(=O)Nc1ccc(N(C)C)cc1. The quantitative estimate of drug-likeness (QED) is 0.840. The highest BCUT2D eigenvalue weighted by atomic mass is 16.2.